The number of fused-ring (bicyclic) bond motifs is 2. The molecule has 1 aliphatic rings. The molecule has 0 aliphatic carbocycles. The van der Waals surface area contributed by atoms with E-state index >= 15 is 0 Å². The maximum Gasteiger partial charge on any atom is 0.254 e. The summed E-state index contributed by atoms with van der Waals surface area (Å²) in [5.74, 6) is 1.15. The average Bonchev–Trinajstić information content (AvgIpc) is 3.32. The predicted molar refractivity (Wildman–Crippen MR) is 148 cm³/mol. The van der Waals surface area contributed by atoms with Crippen molar-refractivity contribution >= 4 is 28.2 Å². The topological polar surface area (TPSA) is 118 Å². The largest absolute Gasteiger partial charge is 0.497 e. The molecule has 10 nitrogen and oxygen atoms in total. The predicted octanol–water partition coefficient (Wildman–Crippen LogP) is 3.82. The van der Waals surface area contributed by atoms with Gasteiger partial charge in [0.2, 0.25) is 5.91 Å². The molecule has 0 bridgehead atoms. The molecule has 0 spiro atoms. The number of H-pyrrole nitrogens is 1. The molecule has 2 N–H and O–H groups in total. The Morgan fingerprint density at radius 2 is 1.85 bits per heavy atom. The van der Waals surface area contributed by atoms with Crippen LogP contribution in [0.5, 0.6) is 5.75 Å². The van der Waals surface area contributed by atoms with E-state index < -0.39 is 6.04 Å². The number of carbonyl (C=O) groups excluding carboxylic acids is 1. The van der Waals surface area contributed by atoms with Crippen molar-refractivity contribution in [3.8, 4) is 5.75 Å². The lowest BCUT2D eigenvalue weighted by Crippen LogP contribution is -2.36. The number of nitrogens with one attached hydrogen (secondary N) is 2. The summed E-state index contributed by atoms with van der Waals surface area (Å²) in [6, 6.07) is 22.4. The van der Waals surface area contributed by atoms with Crippen LogP contribution in [0, 0.1) is 6.92 Å². The number of aromatic nitrogens is 5. The van der Waals surface area contributed by atoms with Crippen LogP contribution in [0.15, 0.2) is 77.6 Å². The summed E-state index contributed by atoms with van der Waals surface area (Å²) in [5.41, 5.74) is 4.51. The number of para-hydroxylation sites is 2. The number of aryl methyl sites for hydroxylation is 1. The number of ether oxygens (including phenoxy) is 1. The van der Waals surface area contributed by atoms with E-state index in [9.17, 15) is 9.59 Å². The van der Waals surface area contributed by atoms with Crippen LogP contribution >= 0.6 is 0 Å². The van der Waals surface area contributed by atoms with Gasteiger partial charge in [-0.1, -0.05) is 35.9 Å². The van der Waals surface area contributed by atoms with E-state index in [1.807, 2.05) is 84.6 Å². The van der Waals surface area contributed by atoms with E-state index in [-0.39, 0.29) is 17.9 Å². The average molecular weight is 522 g/mol. The fraction of sp³-hybridized carbons (Fsp3) is 0.207. The maximum atomic E-state index is 13.6. The molecule has 6 rings (SSSR count). The Kier molecular flexibility index (Phi) is 6.28. The second-order valence-corrected chi connectivity index (χ2v) is 9.60. The Hall–Kier alpha value is -4.99. The van der Waals surface area contributed by atoms with E-state index in [1.165, 1.54) is 0 Å². The second-order valence-electron chi connectivity index (χ2n) is 9.60. The number of tetrazole rings is 1. The number of amides is 1. The third-order valence-corrected chi connectivity index (χ3v) is 7.00. The Labute approximate surface area is 224 Å². The van der Waals surface area contributed by atoms with Gasteiger partial charge in [0.15, 0.2) is 5.82 Å². The molecule has 3 heterocycles. The van der Waals surface area contributed by atoms with Crippen molar-refractivity contribution in [2.75, 3.05) is 23.9 Å². The fourth-order valence-corrected chi connectivity index (χ4v) is 5.07. The highest BCUT2D eigenvalue weighted by molar-refractivity contribution is 5.96. The lowest BCUT2D eigenvalue weighted by atomic mass is 10.0. The van der Waals surface area contributed by atoms with Crippen LogP contribution in [0.1, 0.15) is 35.0 Å². The van der Waals surface area contributed by atoms with Gasteiger partial charge in [-0.05, 0) is 70.8 Å². The zero-order valence-electron chi connectivity index (χ0n) is 21.6. The van der Waals surface area contributed by atoms with Gasteiger partial charge in [0, 0.05) is 24.0 Å². The molecule has 0 fully saturated rings. The van der Waals surface area contributed by atoms with Crippen molar-refractivity contribution in [3.05, 3.63) is 106 Å². The van der Waals surface area contributed by atoms with Crippen molar-refractivity contribution in [2.24, 2.45) is 0 Å². The van der Waals surface area contributed by atoms with Crippen LogP contribution < -0.4 is 20.5 Å². The zero-order valence-corrected chi connectivity index (χ0v) is 21.6. The third kappa shape index (κ3) is 4.72. The smallest absolute Gasteiger partial charge is 0.254 e. The third-order valence-electron chi connectivity index (χ3n) is 7.00. The zero-order chi connectivity index (χ0) is 26.9. The van der Waals surface area contributed by atoms with Crippen molar-refractivity contribution in [3.63, 3.8) is 0 Å². The first-order chi connectivity index (χ1) is 19.0. The Bertz CT molecular complexity index is 1730. The summed E-state index contributed by atoms with van der Waals surface area (Å²) >= 11 is 0. The van der Waals surface area contributed by atoms with Crippen molar-refractivity contribution in [1.29, 1.82) is 0 Å². The molecule has 3 aromatic carbocycles. The number of benzene rings is 3. The minimum Gasteiger partial charge on any atom is -0.497 e. The lowest BCUT2D eigenvalue weighted by Gasteiger charge is -2.32. The van der Waals surface area contributed by atoms with E-state index in [4.69, 9.17) is 4.74 Å². The first-order valence-corrected chi connectivity index (χ1v) is 12.7. The van der Waals surface area contributed by atoms with Gasteiger partial charge in [0.1, 0.15) is 11.8 Å². The number of hydrogen-bond acceptors (Lipinski definition) is 7. The van der Waals surface area contributed by atoms with Gasteiger partial charge in [-0.2, -0.15) is 0 Å². The van der Waals surface area contributed by atoms with E-state index in [1.54, 1.807) is 11.8 Å². The quantitative estimate of drug-likeness (QED) is 0.349. The monoisotopic (exact) mass is 521 g/mol. The highest BCUT2D eigenvalue weighted by atomic mass is 16.5. The van der Waals surface area contributed by atoms with Gasteiger partial charge in [-0.25, -0.2) is 4.68 Å². The summed E-state index contributed by atoms with van der Waals surface area (Å²) in [5, 5.41) is 16.6. The number of methoxy groups -OCH3 is 1. The van der Waals surface area contributed by atoms with Gasteiger partial charge < -0.3 is 19.9 Å². The van der Waals surface area contributed by atoms with Gasteiger partial charge in [-0.3, -0.25) is 9.59 Å². The number of aromatic amines is 1. The number of pyridine rings is 1. The number of hydrogen-bond donors (Lipinski definition) is 2. The minimum atomic E-state index is -0.666. The molecule has 0 radical (unpaired) electrons. The van der Waals surface area contributed by atoms with Gasteiger partial charge in [0.25, 0.3) is 5.56 Å². The summed E-state index contributed by atoms with van der Waals surface area (Å²) < 4.78 is 6.99. The minimum absolute atomic E-state index is 0.0930. The van der Waals surface area contributed by atoms with Crippen LogP contribution in [0.25, 0.3) is 10.9 Å². The highest BCUT2D eigenvalue weighted by Gasteiger charge is 2.33. The van der Waals surface area contributed by atoms with E-state index in [2.05, 4.69) is 25.8 Å². The highest BCUT2D eigenvalue weighted by Crippen LogP contribution is 2.37. The van der Waals surface area contributed by atoms with Crippen LogP contribution in [0.3, 0.4) is 0 Å². The van der Waals surface area contributed by atoms with Crippen LogP contribution in [0.4, 0.5) is 11.4 Å². The molecule has 1 atom stereocenters. The Balaban J connectivity index is 1.53. The lowest BCUT2D eigenvalue weighted by molar-refractivity contribution is -0.116. The summed E-state index contributed by atoms with van der Waals surface area (Å²) in [4.78, 5) is 31.3. The van der Waals surface area contributed by atoms with Crippen molar-refractivity contribution in [1.82, 2.24) is 25.2 Å². The van der Waals surface area contributed by atoms with E-state index in [0.717, 1.165) is 33.5 Å². The number of anilines is 2. The molecule has 1 aliphatic heterocycles. The second kappa shape index (κ2) is 10.1. The molecule has 1 amide bonds. The molecule has 196 valence electrons. The first-order valence-electron chi connectivity index (χ1n) is 12.7. The molecular weight excluding hydrogens is 494 g/mol. The molecule has 0 unspecified atom stereocenters. The molecule has 2 aromatic heterocycles. The van der Waals surface area contributed by atoms with Crippen LogP contribution in [-0.2, 0) is 11.3 Å². The molecule has 10 heteroatoms. The molecular formula is C29H27N7O3. The van der Waals surface area contributed by atoms with E-state index in [0.29, 0.717) is 30.2 Å². The number of nitrogens with zero attached hydrogens (tertiary/aromatic N) is 5. The Morgan fingerprint density at radius 1 is 1.03 bits per heavy atom. The van der Waals surface area contributed by atoms with Gasteiger partial charge in [-0.15, -0.1) is 5.10 Å². The van der Waals surface area contributed by atoms with Crippen molar-refractivity contribution < 1.29 is 9.53 Å². The maximum absolute atomic E-state index is 13.6. The molecule has 5 aromatic rings. The van der Waals surface area contributed by atoms with Crippen LogP contribution in [-0.4, -0.2) is 44.8 Å². The molecule has 39 heavy (non-hydrogen) atoms. The number of carbonyl (C=O) groups is 1. The number of rotatable bonds is 6. The SMILES string of the molecule is COc1ccc(Cn2nnnc2[C@H](c2cc3cc(C)ccc3[nH]c2=O)N2CCC(=O)Nc3ccccc32)cc1. The normalized spacial score (nSPS) is 14.0. The fourth-order valence-electron chi connectivity index (χ4n) is 5.07. The Morgan fingerprint density at radius 3 is 2.67 bits per heavy atom. The molecule has 0 saturated carbocycles. The summed E-state index contributed by atoms with van der Waals surface area (Å²) in [7, 11) is 1.63. The van der Waals surface area contributed by atoms with Gasteiger partial charge in [0.05, 0.1) is 25.0 Å². The molecule has 0 saturated heterocycles. The summed E-state index contributed by atoms with van der Waals surface area (Å²) in [6.07, 6.45) is 0.246. The first kappa shape index (κ1) is 24.4. The summed E-state index contributed by atoms with van der Waals surface area (Å²) in [6.45, 7) is 2.77. The van der Waals surface area contributed by atoms with Crippen LogP contribution in [0.2, 0.25) is 0 Å². The van der Waals surface area contributed by atoms with Crippen molar-refractivity contribution in [2.45, 2.75) is 25.9 Å². The van der Waals surface area contributed by atoms with Gasteiger partial charge >= 0.3 is 0 Å². The standard InChI is InChI=1S/C29H27N7O3/c1-18-7-12-23-20(15-18)16-22(29(38)31-23)27(35-14-13-26(37)30-24-5-3-4-6-25(24)35)28-32-33-34-36(28)17-19-8-10-21(39-2)11-9-19/h3-12,15-16,27H,13-14,17H2,1-2H3,(H,30,37)(H,31,38)/t27-/m0/s1.